The van der Waals surface area contributed by atoms with Crippen molar-refractivity contribution in [2.75, 3.05) is 38.2 Å². The summed E-state index contributed by atoms with van der Waals surface area (Å²) in [6, 6.07) is 11.3. The molecule has 2 aromatic rings. The Hall–Kier alpha value is -3.35. The van der Waals surface area contributed by atoms with E-state index in [9.17, 15) is 28.1 Å². The maximum Gasteiger partial charge on any atom is 0.292 e. The first-order valence-electron chi connectivity index (χ1n) is 10.3. The van der Waals surface area contributed by atoms with Crippen LogP contribution in [0.3, 0.4) is 0 Å². The molecule has 0 unspecified atom stereocenters. The third kappa shape index (κ3) is 4.19. The Morgan fingerprint density at radius 1 is 1.09 bits per heavy atom. The number of nitro benzene ring substituents is 1. The number of hydrogen-bond donors (Lipinski definition) is 1. The van der Waals surface area contributed by atoms with Gasteiger partial charge in [0, 0.05) is 12.1 Å². The van der Waals surface area contributed by atoms with Crippen LogP contribution in [-0.4, -0.2) is 68.8 Å². The molecule has 2 heterocycles. The van der Waals surface area contributed by atoms with Gasteiger partial charge in [-0.25, -0.2) is 13.3 Å². The molecule has 2 aliphatic rings. The van der Waals surface area contributed by atoms with Gasteiger partial charge in [-0.15, -0.1) is 0 Å². The molecule has 12 heteroatoms. The number of carbonyl (C=O) groups excluding carboxylic acids is 2. The molecule has 1 N–H and O–H groups in total. The van der Waals surface area contributed by atoms with E-state index < -0.39 is 26.7 Å². The first kappa shape index (κ1) is 22.8. The molecule has 11 nitrogen and oxygen atoms in total. The molecule has 0 spiro atoms. The van der Waals surface area contributed by atoms with Crippen LogP contribution in [-0.2, 0) is 19.6 Å². The Morgan fingerprint density at radius 3 is 2.45 bits per heavy atom. The topological polar surface area (TPSA) is 132 Å². The van der Waals surface area contributed by atoms with Crippen molar-refractivity contribution in [2.24, 2.45) is 0 Å². The summed E-state index contributed by atoms with van der Waals surface area (Å²) in [6.45, 7) is 0.771. The lowest BCUT2D eigenvalue weighted by Crippen LogP contribution is -3.19. The molecule has 4 rings (SSSR count). The van der Waals surface area contributed by atoms with Crippen LogP contribution in [0.25, 0.3) is 0 Å². The van der Waals surface area contributed by atoms with Gasteiger partial charge in [-0.05, 0) is 18.2 Å². The number of methoxy groups -OCH3 is 1. The predicted octanol–water partition coefficient (Wildman–Crippen LogP) is -0.175. The average Bonchev–Trinajstić information content (AvgIpc) is 3.12. The monoisotopic (exact) mass is 475 g/mol. The van der Waals surface area contributed by atoms with E-state index in [4.69, 9.17) is 4.74 Å². The van der Waals surface area contributed by atoms with Crippen LogP contribution in [0.15, 0.2) is 53.4 Å². The zero-order valence-corrected chi connectivity index (χ0v) is 18.7. The van der Waals surface area contributed by atoms with Crippen LogP contribution in [0.5, 0.6) is 5.75 Å². The van der Waals surface area contributed by atoms with Crippen LogP contribution < -0.4 is 14.5 Å². The number of imide groups is 1. The Kier molecular flexibility index (Phi) is 6.15. The van der Waals surface area contributed by atoms with E-state index in [1.54, 1.807) is 24.3 Å². The maximum atomic E-state index is 13.1. The number of piperazine rings is 1. The molecular weight excluding hydrogens is 452 g/mol. The van der Waals surface area contributed by atoms with E-state index in [-0.39, 0.29) is 36.2 Å². The first-order chi connectivity index (χ1) is 15.7. The Bertz CT molecular complexity index is 1210. The molecule has 2 saturated heterocycles. The van der Waals surface area contributed by atoms with E-state index in [1.165, 1.54) is 29.6 Å². The summed E-state index contributed by atoms with van der Waals surface area (Å²) in [4.78, 5) is 37.9. The fraction of sp³-hybridized carbons (Fsp3) is 0.333. The lowest BCUT2D eigenvalue weighted by Gasteiger charge is -2.33. The largest absolute Gasteiger partial charge is 0.497 e. The Balaban J connectivity index is 1.48. The molecule has 2 aliphatic heterocycles. The number of quaternary nitrogens is 1. The van der Waals surface area contributed by atoms with Gasteiger partial charge in [-0.3, -0.25) is 19.7 Å². The van der Waals surface area contributed by atoms with Crippen molar-refractivity contribution in [1.82, 2.24) is 4.31 Å². The summed E-state index contributed by atoms with van der Waals surface area (Å²) >= 11 is 0. The second-order valence-corrected chi connectivity index (χ2v) is 9.72. The maximum absolute atomic E-state index is 13.1. The fourth-order valence-electron chi connectivity index (χ4n) is 4.30. The smallest absolute Gasteiger partial charge is 0.292 e. The van der Waals surface area contributed by atoms with Crippen molar-refractivity contribution in [3.05, 3.63) is 58.6 Å². The van der Waals surface area contributed by atoms with E-state index in [2.05, 4.69) is 0 Å². The number of hydrogen-bond acceptors (Lipinski definition) is 7. The van der Waals surface area contributed by atoms with Crippen LogP contribution in [0, 0.1) is 10.1 Å². The Labute approximate surface area is 190 Å². The van der Waals surface area contributed by atoms with Crippen molar-refractivity contribution < 1.29 is 32.6 Å². The highest BCUT2D eigenvalue weighted by Gasteiger charge is 2.47. The molecule has 0 aliphatic carbocycles. The zero-order chi connectivity index (χ0) is 23.8. The van der Waals surface area contributed by atoms with Crippen molar-refractivity contribution in [1.29, 1.82) is 0 Å². The molecule has 2 amide bonds. The second-order valence-electron chi connectivity index (χ2n) is 7.81. The molecular formula is C21H23N4O7S+. The van der Waals surface area contributed by atoms with Crippen molar-refractivity contribution in [2.45, 2.75) is 17.4 Å². The third-order valence-corrected chi connectivity index (χ3v) is 7.94. The van der Waals surface area contributed by atoms with E-state index >= 15 is 0 Å². The van der Waals surface area contributed by atoms with Gasteiger partial charge in [0.1, 0.15) is 5.75 Å². The molecule has 2 fully saturated rings. The van der Waals surface area contributed by atoms with Gasteiger partial charge < -0.3 is 9.64 Å². The van der Waals surface area contributed by atoms with Crippen molar-refractivity contribution in [3.63, 3.8) is 0 Å². The van der Waals surface area contributed by atoms with Gasteiger partial charge in [0.2, 0.25) is 15.9 Å². The zero-order valence-electron chi connectivity index (χ0n) is 17.8. The van der Waals surface area contributed by atoms with Gasteiger partial charge in [-0.1, -0.05) is 18.2 Å². The molecule has 33 heavy (non-hydrogen) atoms. The summed E-state index contributed by atoms with van der Waals surface area (Å²) in [5, 5.41) is 11.3. The minimum absolute atomic E-state index is 0.0300. The minimum atomic E-state index is -4.07. The number of sulfonamides is 1. The van der Waals surface area contributed by atoms with Gasteiger partial charge in [0.15, 0.2) is 10.9 Å². The summed E-state index contributed by atoms with van der Waals surface area (Å²) in [5.41, 5.74) is -0.0402. The SMILES string of the molecule is COc1cccc(N2C(=O)C[C@@H]([NH+]3CCN(S(=O)(=O)c4ccccc4[N+](=O)[O-])CC3)C2=O)c1. The standard InChI is InChI=1S/C21H22N4O7S/c1-32-16-6-4-5-15(13-16)24-20(26)14-18(21(24)27)22-9-11-23(12-10-22)33(30,31)19-8-3-2-7-17(19)25(28)29/h2-8,13,18H,9-12,14H2,1H3/p+1/t18-/m1/s1. The number of anilines is 1. The van der Waals surface area contributed by atoms with E-state index in [0.717, 1.165) is 15.9 Å². The van der Waals surface area contributed by atoms with Crippen molar-refractivity contribution >= 4 is 33.2 Å². The number of nitrogens with zero attached hydrogens (tertiary/aromatic N) is 3. The van der Waals surface area contributed by atoms with Gasteiger partial charge in [-0.2, -0.15) is 4.31 Å². The number of para-hydroxylation sites is 1. The van der Waals surface area contributed by atoms with Gasteiger partial charge >= 0.3 is 0 Å². The van der Waals surface area contributed by atoms with E-state index in [1.807, 2.05) is 0 Å². The quantitative estimate of drug-likeness (QED) is 0.348. The molecule has 0 aromatic heterocycles. The number of nitro groups is 1. The normalized spacial score (nSPS) is 20.3. The van der Waals surface area contributed by atoms with E-state index in [0.29, 0.717) is 24.5 Å². The summed E-state index contributed by atoms with van der Waals surface area (Å²) in [6.07, 6.45) is 0.0300. The molecule has 0 saturated carbocycles. The van der Waals surface area contributed by atoms with Crippen LogP contribution in [0.2, 0.25) is 0 Å². The number of nitrogens with one attached hydrogen (secondary N) is 1. The lowest BCUT2D eigenvalue weighted by atomic mass is 10.2. The molecule has 1 atom stereocenters. The number of carbonyl (C=O) groups is 2. The molecule has 174 valence electrons. The molecule has 0 radical (unpaired) electrons. The van der Waals surface area contributed by atoms with Crippen LogP contribution in [0.1, 0.15) is 6.42 Å². The van der Waals surface area contributed by atoms with Gasteiger partial charge in [0.25, 0.3) is 11.6 Å². The number of amides is 2. The number of ether oxygens (including phenoxy) is 1. The first-order valence-corrected chi connectivity index (χ1v) is 11.8. The minimum Gasteiger partial charge on any atom is -0.497 e. The predicted molar refractivity (Wildman–Crippen MR) is 116 cm³/mol. The average molecular weight is 476 g/mol. The Morgan fingerprint density at radius 2 is 1.79 bits per heavy atom. The summed E-state index contributed by atoms with van der Waals surface area (Å²) < 4.78 is 32.4. The summed E-state index contributed by atoms with van der Waals surface area (Å²) in [7, 11) is -2.57. The lowest BCUT2D eigenvalue weighted by molar-refractivity contribution is -0.918. The van der Waals surface area contributed by atoms with Crippen molar-refractivity contribution in [3.8, 4) is 5.75 Å². The third-order valence-electron chi connectivity index (χ3n) is 6.00. The highest BCUT2D eigenvalue weighted by molar-refractivity contribution is 7.89. The second kappa shape index (κ2) is 8.89. The van der Waals surface area contributed by atoms with Crippen LogP contribution in [0.4, 0.5) is 11.4 Å². The van der Waals surface area contributed by atoms with Gasteiger partial charge in [0.05, 0.1) is 50.3 Å². The fourth-order valence-corrected chi connectivity index (χ4v) is 5.90. The summed E-state index contributed by atoms with van der Waals surface area (Å²) in [5.74, 6) is -0.128. The molecule has 2 aromatic carbocycles. The highest BCUT2D eigenvalue weighted by Crippen LogP contribution is 2.27. The highest BCUT2D eigenvalue weighted by atomic mass is 32.2. The molecule has 0 bridgehead atoms. The van der Waals surface area contributed by atoms with Crippen LogP contribution >= 0.6 is 0 Å². The number of rotatable bonds is 6. The number of benzene rings is 2.